The first-order valence-electron chi connectivity index (χ1n) is 6.87. The Morgan fingerprint density at radius 1 is 1.28 bits per heavy atom. The molecule has 2 aromatic rings. The Kier molecular flexibility index (Phi) is 6.51. The van der Waals surface area contributed by atoms with Crippen molar-refractivity contribution in [2.24, 2.45) is 0 Å². The second-order valence-corrected chi connectivity index (χ2v) is 7.11. The molecule has 2 rings (SSSR count). The summed E-state index contributed by atoms with van der Waals surface area (Å²) in [6, 6.07) is 6.24. The number of amides is 1. The molecule has 0 fully saturated rings. The zero-order chi connectivity index (χ0) is 18.7. The number of ether oxygens (including phenoxy) is 1. The van der Waals surface area contributed by atoms with Gasteiger partial charge in [-0.25, -0.2) is 0 Å². The van der Waals surface area contributed by atoms with Crippen molar-refractivity contribution in [1.29, 1.82) is 0 Å². The van der Waals surface area contributed by atoms with E-state index in [9.17, 15) is 9.90 Å². The normalized spacial score (nSPS) is 10.3. The molecule has 0 saturated heterocycles. The van der Waals surface area contributed by atoms with Crippen molar-refractivity contribution in [2.45, 2.75) is 6.92 Å². The molecule has 9 heteroatoms. The highest BCUT2D eigenvalue weighted by Gasteiger charge is 2.18. The molecule has 1 amide bonds. The summed E-state index contributed by atoms with van der Waals surface area (Å²) in [5.41, 5.74) is 1.41. The Hall–Kier alpha value is -1.54. The van der Waals surface area contributed by atoms with Gasteiger partial charge in [-0.2, -0.15) is 0 Å². The molecule has 2 aromatic carbocycles. The number of hydrogen-bond donors (Lipinski definition) is 3. The molecule has 0 spiro atoms. The van der Waals surface area contributed by atoms with Crippen LogP contribution in [0.3, 0.4) is 0 Å². The van der Waals surface area contributed by atoms with Crippen molar-refractivity contribution < 1.29 is 14.6 Å². The standard InChI is InChI=1S/C16H13BrCl2N2O3S/c1-7-3-9(6-11(17)13(7)22)20-16(25)21-15(23)10-4-8(18)5-12(19)14(10)24-2/h3-6,22H,1-2H3,(H2,20,21,23,25). The number of benzene rings is 2. The number of thiocarbonyl (C=S) groups is 1. The van der Waals surface area contributed by atoms with Crippen molar-refractivity contribution in [1.82, 2.24) is 5.32 Å². The fourth-order valence-corrected chi connectivity index (χ4v) is 3.42. The zero-order valence-corrected chi connectivity index (χ0v) is 17.0. The molecule has 0 heterocycles. The van der Waals surface area contributed by atoms with E-state index >= 15 is 0 Å². The fourth-order valence-electron chi connectivity index (χ4n) is 2.08. The number of aromatic hydroxyl groups is 1. The van der Waals surface area contributed by atoms with Crippen LogP contribution in [0.2, 0.25) is 10.0 Å². The molecule has 3 N–H and O–H groups in total. The predicted octanol–water partition coefficient (Wildman–Crippen LogP) is 4.91. The van der Waals surface area contributed by atoms with Crippen LogP contribution in [0.1, 0.15) is 15.9 Å². The van der Waals surface area contributed by atoms with Gasteiger partial charge < -0.3 is 15.2 Å². The minimum atomic E-state index is -0.520. The molecule has 25 heavy (non-hydrogen) atoms. The maximum Gasteiger partial charge on any atom is 0.261 e. The highest BCUT2D eigenvalue weighted by atomic mass is 79.9. The summed E-state index contributed by atoms with van der Waals surface area (Å²) < 4.78 is 5.65. The largest absolute Gasteiger partial charge is 0.506 e. The van der Waals surface area contributed by atoms with Crippen molar-refractivity contribution in [3.8, 4) is 11.5 Å². The predicted molar refractivity (Wildman–Crippen MR) is 107 cm³/mol. The molecule has 0 bridgehead atoms. The molecule has 0 unspecified atom stereocenters. The first kappa shape index (κ1) is 19.8. The number of nitrogens with one attached hydrogen (secondary N) is 2. The van der Waals surface area contributed by atoms with Gasteiger partial charge >= 0.3 is 0 Å². The fraction of sp³-hybridized carbons (Fsp3) is 0.125. The molecule has 132 valence electrons. The Morgan fingerprint density at radius 2 is 1.96 bits per heavy atom. The van der Waals surface area contributed by atoms with Gasteiger partial charge in [-0.15, -0.1) is 0 Å². The number of anilines is 1. The van der Waals surface area contributed by atoms with Crippen molar-refractivity contribution >= 4 is 68.1 Å². The molecule has 0 atom stereocenters. The van der Waals surface area contributed by atoms with E-state index in [1.54, 1.807) is 19.1 Å². The molecule has 0 aliphatic carbocycles. The molecular formula is C16H13BrCl2N2O3S. The first-order chi connectivity index (χ1) is 11.7. The third kappa shape index (κ3) is 4.76. The number of carbonyl (C=O) groups is 1. The summed E-state index contributed by atoms with van der Waals surface area (Å²) in [5, 5.41) is 15.7. The van der Waals surface area contributed by atoms with Gasteiger partial charge in [-0.1, -0.05) is 23.2 Å². The van der Waals surface area contributed by atoms with Crippen molar-refractivity contribution in [3.05, 3.63) is 49.9 Å². The van der Waals surface area contributed by atoms with E-state index in [-0.39, 0.29) is 27.2 Å². The molecule has 5 nitrogen and oxygen atoms in total. The average Bonchev–Trinajstić information content (AvgIpc) is 2.51. The van der Waals surface area contributed by atoms with Crippen LogP contribution in [0, 0.1) is 6.92 Å². The number of hydrogen-bond acceptors (Lipinski definition) is 4. The van der Waals surface area contributed by atoms with E-state index < -0.39 is 5.91 Å². The van der Waals surface area contributed by atoms with Gasteiger partial charge in [0.2, 0.25) is 0 Å². The topological polar surface area (TPSA) is 70.6 Å². The van der Waals surface area contributed by atoms with Gasteiger partial charge in [0.15, 0.2) is 5.11 Å². The zero-order valence-electron chi connectivity index (χ0n) is 13.1. The summed E-state index contributed by atoms with van der Waals surface area (Å²) in [6.45, 7) is 1.74. The third-order valence-electron chi connectivity index (χ3n) is 3.20. The van der Waals surface area contributed by atoms with Crippen molar-refractivity contribution in [3.63, 3.8) is 0 Å². The minimum Gasteiger partial charge on any atom is -0.506 e. The molecule has 0 aromatic heterocycles. The first-order valence-corrected chi connectivity index (χ1v) is 8.83. The van der Waals surface area contributed by atoms with Crippen LogP contribution in [0.5, 0.6) is 11.5 Å². The Bertz CT molecular complexity index is 839. The molecule has 0 aliphatic heterocycles. The number of phenols is 1. The Labute approximate surface area is 168 Å². The SMILES string of the molecule is COc1c(Cl)cc(Cl)cc1C(=O)NC(=S)Nc1cc(C)c(O)c(Br)c1. The number of rotatable bonds is 3. The van der Waals surface area contributed by atoms with Crippen LogP contribution in [0.25, 0.3) is 0 Å². The van der Waals surface area contributed by atoms with Crippen LogP contribution in [0.15, 0.2) is 28.7 Å². The number of halogens is 3. The number of methoxy groups -OCH3 is 1. The van der Waals surface area contributed by atoms with Crippen LogP contribution in [0.4, 0.5) is 5.69 Å². The highest BCUT2D eigenvalue weighted by Crippen LogP contribution is 2.32. The average molecular weight is 464 g/mol. The maximum atomic E-state index is 12.4. The Balaban J connectivity index is 2.17. The van der Waals surface area contributed by atoms with E-state index in [0.717, 1.165) is 0 Å². The lowest BCUT2D eigenvalue weighted by molar-refractivity contribution is 0.0975. The lowest BCUT2D eigenvalue weighted by Gasteiger charge is -2.14. The third-order valence-corrected chi connectivity index (χ3v) is 4.50. The van der Waals surface area contributed by atoms with E-state index in [1.165, 1.54) is 19.2 Å². The second-order valence-electron chi connectivity index (χ2n) is 5.00. The quantitative estimate of drug-likeness (QED) is 0.445. The highest BCUT2D eigenvalue weighted by molar-refractivity contribution is 9.10. The van der Waals surface area contributed by atoms with E-state index in [1.807, 2.05) is 0 Å². The Morgan fingerprint density at radius 3 is 2.56 bits per heavy atom. The van der Waals surface area contributed by atoms with E-state index in [2.05, 4.69) is 26.6 Å². The van der Waals surface area contributed by atoms with Gasteiger partial charge in [-0.3, -0.25) is 10.1 Å². The van der Waals surface area contributed by atoms with Gasteiger partial charge in [0.1, 0.15) is 11.5 Å². The number of phenolic OH excluding ortho intramolecular Hbond substituents is 1. The van der Waals surface area contributed by atoms with Gasteiger partial charge in [0.25, 0.3) is 5.91 Å². The lowest BCUT2D eigenvalue weighted by atomic mass is 10.2. The minimum absolute atomic E-state index is 0.0696. The van der Waals surface area contributed by atoms with E-state index in [0.29, 0.717) is 20.7 Å². The van der Waals surface area contributed by atoms with Gasteiger partial charge in [0, 0.05) is 10.7 Å². The molecule has 0 saturated carbocycles. The number of carbonyl (C=O) groups excluding carboxylic acids is 1. The smallest absolute Gasteiger partial charge is 0.261 e. The van der Waals surface area contributed by atoms with Crippen LogP contribution < -0.4 is 15.4 Å². The van der Waals surface area contributed by atoms with Crippen LogP contribution in [-0.4, -0.2) is 23.2 Å². The summed E-state index contributed by atoms with van der Waals surface area (Å²) in [5.74, 6) is -0.179. The van der Waals surface area contributed by atoms with Crippen LogP contribution in [-0.2, 0) is 0 Å². The lowest BCUT2D eigenvalue weighted by Crippen LogP contribution is -2.34. The number of aryl methyl sites for hydroxylation is 1. The monoisotopic (exact) mass is 462 g/mol. The van der Waals surface area contributed by atoms with Crippen LogP contribution >= 0.6 is 51.3 Å². The van der Waals surface area contributed by atoms with Gasteiger partial charge in [0.05, 0.1) is 22.2 Å². The molecule has 0 radical (unpaired) electrons. The maximum absolute atomic E-state index is 12.4. The summed E-state index contributed by atoms with van der Waals surface area (Å²) in [4.78, 5) is 12.4. The van der Waals surface area contributed by atoms with Gasteiger partial charge in [-0.05, 0) is 64.9 Å². The molecule has 0 aliphatic rings. The molecular weight excluding hydrogens is 451 g/mol. The summed E-state index contributed by atoms with van der Waals surface area (Å²) >= 11 is 20.4. The van der Waals surface area contributed by atoms with Crippen molar-refractivity contribution in [2.75, 3.05) is 12.4 Å². The van der Waals surface area contributed by atoms with E-state index in [4.69, 9.17) is 40.2 Å². The second kappa shape index (κ2) is 8.23. The summed E-state index contributed by atoms with van der Waals surface area (Å²) in [7, 11) is 1.40. The summed E-state index contributed by atoms with van der Waals surface area (Å²) in [6.07, 6.45) is 0.